The molecule has 0 fully saturated rings. The number of alkyl halides is 3. The molecule has 0 aliphatic carbocycles. The molecule has 0 radical (unpaired) electrons. The van der Waals surface area contributed by atoms with Crippen LogP contribution in [0.25, 0.3) is 0 Å². The third kappa shape index (κ3) is 4.42. The van der Waals surface area contributed by atoms with Crippen LogP contribution < -0.4 is 4.74 Å². The average Bonchev–Trinajstić information content (AvgIpc) is 3.23. The predicted octanol–water partition coefficient (Wildman–Crippen LogP) is 5.50. The molecule has 3 aromatic rings. The minimum absolute atomic E-state index is 0.208. The molecule has 3 rings (SSSR count). The number of halogens is 3. The number of thiophene rings is 1. The Labute approximate surface area is 159 Å². The number of hydrogen-bond acceptors (Lipinski definition) is 3. The highest BCUT2D eigenvalue weighted by Crippen LogP contribution is 2.30. The fraction of sp³-hybridized carbons (Fsp3) is 0.250. The van der Waals surface area contributed by atoms with Crippen molar-refractivity contribution in [1.29, 1.82) is 0 Å². The Balaban J connectivity index is 1.68. The van der Waals surface area contributed by atoms with Crippen LogP contribution in [0.5, 0.6) is 5.75 Å². The summed E-state index contributed by atoms with van der Waals surface area (Å²) in [5.41, 5.74) is 1.63. The second-order valence-corrected chi connectivity index (χ2v) is 7.22. The van der Waals surface area contributed by atoms with Crippen molar-refractivity contribution in [3.63, 3.8) is 0 Å². The molecule has 27 heavy (non-hydrogen) atoms. The molecule has 1 aromatic carbocycles. The lowest BCUT2D eigenvalue weighted by atomic mass is 10.1. The first kappa shape index (κ1) is 19.2. The molecular formula is C20H18F3NO2S. The minimum Gasteiger partial charge on any atom is -0.485 e. The summed E-state index contributed by atoms with van der Waals surface area (Å²) in [5, 5.41) is 2.01. The Morgan fingerprint density at radius 1 is 1.15 bits per heavy atom. The summed E-state index contributed by atoms with van der Waals surface area (Å²) in [6.45, 7) is 4.29. The van der Waals surface area contributed by atoms with Gasteiger partial charge in [0.2, 0.25) is 5.78 Å². The summed E-state index contributed by atoms with van der Waals surface area (Å²) in [6, 6.07) is 10.2. The molecular weight excluding hydrogens is 375 g/mol. The lowest BCUT2D eigenvalue weighted by Gasteiger charge is -2.10. The minimum atomic E-state index is -4.39. The van der Waals surface area contributed by atoms with Crippen molar-refractivity contribution in [2.75, 3.05) is 6.61 Å². The first-order valence-corrected chi connectivity index (χ1v) is 9.16. The lowest BCUT2D eigenvalue weighted by Crippen LogP contribution is -2.13. The standard InChI is InChI=1S/C20H18F3NO2S/c1-13-10-18(14(2)24(13)11-17-4-3-9-27-17)19(25)12-26-16-7-5-15(6-8-16)20(21,22)23/h3-10H,11-12H2,1-2H3. The zero-order valence-corrected chi connectivity index (χ0v) is 15.7. The molecule has 3 nitrogen and oxygen atoms in total. The van der Waals surface area contributed by atoms with Crippen LogP contribution >= 0.6 is 11.3 Å². The first-order valence-electron chi connectivity index (χ1n) is 8.28. The number of Topliss-reactive ketones (excluding diaryl/α,β-unsaturated/α-hetero) is 1. The van der Waals surface area contributed by atoms with Crippen LogP contribution in [0.1, 0.15) is 32.2 Å². The molecule has 7 heteroatoms. The highest BCUT2D eigenvalue weighted by Gasteiger charge is 2.30. The van der Waals surface area contributed by atoms with Crippen LogP contribution in [0, 0.1) is 13.8 Å². The van der Waals surface area contributed by atoms with Gasteiger partial charge in [0.1, 0.15) is 5.75 Å². The van der Waals surface area contributed by atoms with E-state index in [1.54, 1.807) is 11.3 Å². The molecule has 0 amide bonds. The molecule has 0 unspecified atom stereocenters. The van der Waals surface area contributed by atoms with E-state index in [2.05, 4.69) is 4.57 Å². The molecule has 0 N–H and O–H groups in total. The Hall–Kier alpha value is -2.54. The predicted molar refractivity (Wildman–Crippen MR) is 98.6 cm³/mol. The van der Waals surface area contributed by atoms with Gasteiger partial charge in [-0.1, -0.05) is 6.07 Å². The fourth-order valence-corrected chi connectivity index (χ4v) is 3.54. The Morgan fingerprint density at radius 2 is 1.85 bits per heavy atom. The number of carbonyl (C=O) groups excluding carboxylic acids is 1. The van der Waals surface area contributed by atoms with Crippen molar-refractivity contribution in [3.8, 4) is 5.75 Å². The summed E-state index contributed by atoms with van der Waals surface area (Å²) in [5.74, 6) is 0.0178. The van der Waals surface area contributed by atoms with Gasteiger partial charge in [0.15, 0.2) is 6.61 Å². The van der Waals surface area contributed by atoms with Crippen LogP contribution in [0.4, 0.5) is 13.2 Å². The van der Waals surface area contributed by atoms with Crippen LogP contribution in [0.3, 0.4) is 0 Å². The van der Waals surface area contributed by atoms with Gasteiger partial charge in [0.05, 0.1) is 12.1 Å². The van der Waals surface area contributed by atoms with E-state index in [0.29, 0.717) is 12.1 Å². The second kappa shape index (κ2) is 7.60. The second-order valence-electron chi connectivity index (χ2n) is 6.18. The number of aromatic nitrogens is 1. The van der Waals surface area contributed by atoms with Gasteiger partial charge in [-0.25, -0.2) is 0 Å². The molecule has 2 heterocycles. The van der Waals surface area contributed by atoms with Crippen molar-refractivity contribution in [3.05, 3.63) is 75.2 Å². The number of ketones is 1. The molecule has 0 saturated carbocycles. The molecule has 2 aromatic heterocycles. The number of hydrogen-bond donors (Lipinski definition) is 0. The SMILES string of the molecule is Cc1cc(C(=O)COc2ccc(C(F)(F)F)cc2)c(C)n1Cc1cccs1. The van der Waals surface area contributed by atoms with Gasteiger partial charge in [-0.05, 0) is 55.6 Å². The third-order valence-electron chi connectivity index (χ3n) is 4.32. The van der Waals surface area contributed by atoms with E-state index in [1.807, 2.05) is 37.4 Å². The summed E-state index contributed by atoms with van der Waals surface area (Å²) in [6.07, 6.45) is -4.39. The number of benzene rings is 1. The highest BCUT2D eigenvalue weighted by atomic mass is 32.1. The monoisotopic (exact) mass is 393 g/mol. The van der Waals surface area contributed by atoms with Crippen molar-refractivity contribution < 1.29 is 22.7 Å². The van der Waals surface area contributed by atoms with Gasteiger partial charge in [-0.2, -0.15) is 13.2 Å². The number of carbonyl (C=O) groups is 1. The van der Waals surface area contributed by atoms with Gasteiger partial charge in [-0.15, -0.1) is 11.3 Å². The first-order chi connectivity index (χ1) is 12.8. The van der Waals surface area contributed by atoms with Gasteiger partial charge in [-0.3, -0.25) is 4.79 Å². The molecule has 0 atom stereocenters. The maximum Gasteiger partial charge on any atom is 0.416 e. The average molecular weight is 393 g/mol. The maximum atomic E-state index is 12.6. The molecule has 0 saturated heterocycles. The van der Waals surface area contributed by atoms with Crippen LogP contribution in [-0.4, -0.2) is 17.0 Å². The molecule has 142 valence electrons. The lowest BCUT2D eigenvalue weighted by molar-refractivity contribution is -0.137. The Bertz CT molecular complexity index is 926. The Kier molecular flexibility index (Phi) is 5.41. The fourth-order valence-electron chi connectivity index (χ4n) is 2.85. The normalized spacial score (nSPS) is 11.6. The van der Waals surface area contributed by atoms with Crippen molar-refractivity contribution in [2.24, 2.45) is 0 Å². The van der Waals surface area contributed by atoms with E-state index in [1.165, 1.54) is 17.0 Å². The van der Waals surface area contributed by atoms with Gasteiger partial charge in [0.25, 0.3) is 0 Å². The maximum absolute atomic E-state index is 12.6. The van der Waals surface area contributed by atoms with E-state index in [9.17, 15) is 18.0 Å². The summed E-state index contributed by atoms with van der Waals surface area (Å²) < 4.78 is 45.2. The highest BCUT2D eigenvalue weighted by molar-refractivity contribution is 7.09. The molecule has 0 aliphatic heterocycles. The van der Waals surface area contributed by atoms with E-state index < -0.39 is 11.7 Å². The van der Waals surface area contributed by atoms with Crippen molar-refractivity contribution >= 4 is 17.1 Å². The zero-order chi connectivity index (χ0) is 19.6. The molecule has 0 aliphatic rings. The topological polar surface area (TPSA) is 31.2 Å². The van der Waals surface area contributed by atoms with Crippen molar-refractivity contribution in [2.45, 2.75) is 26.6 Å². The molecule has 0 spiro atoms. The van der Waals surface area contributed by atoms with Gasteiger partial charge in [0, 0.05) is 21.8 Å². The van der Waals surface area contributed by atoms with Gasteiger partial charge < -0.3 is 9.30 Å². The Morgan fingerprint density at radius 3 is 2.44 bits per heavy atom. The zero-order valence-electron chi connectivity index (χ0n) is 14.8. The summed E-state index contributed by atoms with van der Waals surface area (Å²) in [4.78, 5) is 13.7. The van der Waals surface area contributed by atoms with Crippen molar-refractivity contribution in [1.82, 2.24) is 4.57 Å². The number of aryl methyl sites for hydroxylation is 1. The van der Waals surface area contributed by atoms with E-state index in [4.69, 9.17) is 4.74 Å². The van der Waals surface area contributed by atoms with Crippen LogP contribution in [0.15, 0.2) is 47.8 Å². The number of rotatable bonds is 6. The van der Waals surface area contributed by atoms with E-state index in [-0.39, 0.29) is 18.1 Å². The number of nitrogens with zero attached hydrogens (tertiary/aromatic N) is 1. The third-order valence-corrected chi connectivity index (χ3v) is 5.18. The number of ether oxygens (including phenoxy) is 1. The summed E-state index contributed by atoms with van der Waals surface area (Å²) >= 11 is 1.65. The van der Waals surface area contributed by atoms with E-state index in [0.717, 1.165) is 23.5 Å². The quantitative estimate of drug-likeness (QED) is 0.518. The smallest absolute Gasteiger partial charge is 0.416 e. The molecule has 0 bridgehead atoms. The summed E-state index contributed by atoms with van der Waals surface area (Å²) in [7, 11) is 0. The van der Waals surface area contributed by atoms with Gasteiger partial charge >= 0.3 is 6.18 Å². The largest absolute Gasteiger partial charge is 0.485 e. The van der Waals surface area contributed by atoms with E-state index >= 15 is 0 Å². The van der Waals surface area contributed by atoms with Crippen LogP contribution in [-0.2, 0) is 12.7 Å². The van der Waals surface area contributed by atoms with Crippen LogP contribution in [0.2, 0.25) is 0 Å².